The van der Waals surface area contributed by atoms with Crippen LogP contribution >= 0.6 is 0 Å². The number of furan rings is 1. The summed E-state index contributed by atoms with van der Waals surface area (Å²) in [7, 11) is 1.76. The second-order valence-electron chi connectivity index (χ2n) is 8.04. The molecule has 2 heterocycles. The van der Waals surface area contributed by atoms with Crippen LogP contribution in [0.15, 0.2) is 45.8 Å². The highest BCUT2D eigenvalue weighted by Crippen LogP contribution is 2.19. The summed E-state index contributed by atoms with van der Waals surface area (Å²) in [5.41, 5.74) is 7.92. The maximum atomic E-state index is 11.5. The van der Waals surface area contributed by atoms with Crippen molar-refractivity contribution in [3.05, 3.63) is 59.0 Å². The lowest BCUT2D eigenvalue weighted by Gasteiger charge is -2.31. The number of carbonyl (C=O) groups excluding carboxylic acids is 1. The van der Waals surface area contributed by atoms with Gasteiger partial charge in [0.2, 0.25) is 5.91 Å². The van der Waals surface area contributed by atoms with Gasteiger partial charge in [-0.25, -0.2) is 0 Å². The number of benzene rings is 1. The van der Waals surface area contributed by atoms with Gasteiger partial charge in [-0.15, -0.1) is 0 Å². The van der Waals surface area contributed by atoms with Crippen LogP contribution in [0.1, 0.15) is 48.5 Å². The number of nitrogens with zero attached hydrogens (tertiary/aromatic N) is 2. The quantitative estimate of drug-likeness (QED) is 0.481. The minimum Gasteiger partial charge on any atom is -0.464 e. The number of nitrogens with two attached hydrogens (primary N) is 1. The highest BCUT2D eigenvalue weighted by molar-refractivity contribution is 5.80. The number of amides is 1. The summed E-state index contributed by atoms with van der Waals surface area (Å²) in [6.45, 7) is 7.24. The van der Waals surface area contributed by atoms with E-state index in [0.29, 0.717) is 6.54 Å². The molecule has 2 aromatic rings. The van der Waals surface area contributed by atoms with Gasteiger partial charge in [0.15, 0.2) is 5.96 Å². The summed E-state index contributed by atoms with van der Waals surface area (Å²) >= 11 is 0. The maximum Gasteiger partial charge on any atom is 0.221 e. The second kappa shape index (κ2) is 10.3. The third kappa shape index (κ3) is 6.10. The average molecular weight is 412 g/mol. The van der Waals surface area contributed by atoms with Crippen LogP contribution in [-0.4, -0.2) is 36.9 Å². The number of carbonyl (C=O) groups is 1. The number of aliphatic imine (C=N–C) groups is 1. The molecule has 162 valence electrons. The molecule has 7 heteroatoms. The molecule has 2 unspecified atom stereocenters. The van der Waals surface area contributed by atoms with Crippen LogP contribution in [0.5, 0.6) is 0 Å². The fourth-order valence-electron chi connectivity index (χ4n) is 3.87. The Hall–Kier alpha value is -2.80. The van der Waals surface area contributed by atoms with E-state index in [9.17, 15) is 4.79 Å². The fraction of sp³-hybridized carbons (Fsp3) is 0.478. The number of aryl methyl sites for hydroxylation is 1. The van der Waals surface area contributed by atoms with Crippen molar-refractivity contribution in [2.24, 2.45) is 16.6 Å². The van der Waals surface area contributed by atoms with Gasteiger partial charge in [0.05, 0.1) is 12.0 Å². The van der Waals surface area contributed by atoms with Gasteiger partial charge in [-0.3, -0.25) is 14.7 Å². The first-order chi connectivity index (χ1) is 14.4. The Morgan fingerprint density at radius 3 is 2.83 bits per heavy atom. The number of hydrogen-bond donors (Lipinski definition) is 3. The van der Waals surface area contributed by atoms with E-state index < -0.39 is 0 Å². The number of likely N-dealkylation sites (tertiary alicyclic amines) is 1. The summed E-state index contributed by atoms with van der Waals surface area (Å²) < 4.78 is 5.68. The molecule has 2 atom stereocenters. The molecule has 1 fully saturated rings. The van der Waals surface area contributed by atoms with E-state index in [-0.39, 0.29) is 17.9 Å². The summed E-state index contributed by atoms with van der Waals surface area (Å²) in [4.78, 5) is 18.2. The predicted octanol–water partition coefficient (Wildman–Crippen LogP) is 2.71. The minimum absolute atomic E-state index is 0.0218. The molecule has 0 bridgehead atoms. The van der Waals surface area contributed by atoms with Crippen LogP contribution in [0.4, 0.5) is 0 Å². The molecule has 1 aliphatic rings. The van der Waals surface area contributed by atoms with Gasteiger partial charge in [0.25, 0.3) is 0 Å². The van der Waals surface area contributed by atoms with Crippen molar-refractivity contribution in [1.29, 1.82) is 0 Å². The highest BCUT2D eigenvalue weighted by Gasteiger charge is 2.23. The van der Waals surface area contributed by atoms with Gasteiger partial charge in [-0.05, 0) is 56.5 Å². The lowest BCUT2D eigenvalue weighted by atomic mass is 9.97. The summed E-state index contributed by atoms with van der Waals surface area (Å²) in [5.74, 6) is 2.29. The highest BCUT2D eigenvalue weighted by atomic mass is 16.3. The Morgan fingerprint density at radius 2 is 2.13 bits per heavy atom. The van der Waals surface area contributed by atoms with Crippen LogP contribution in [0.25, 0.3) is 0 Å². The standard InChI is InChI=1S/C23H33N5O2/c1-16-9-10-21(30-16)17(2)27-23(25-3)26-13-18-6-4-7-19(12-18)14-28-11-5-8-20(15-28)22(24)29/h4,6-7,9-10,12,17,20H,5,8,11,13-15H2,1-3H3,(H2,24,29)(H2,25,26,27). The van der Waals surface area contributed by atoms with Crippen molar-refractivity contribution in [1.82, 2.24) is 15.5 Å². The van der Waals surface area contributed by atoms with Crippen LogP contribution < -0.4 is 16.4 Å². The number of rotatable bonds is 7. The lowest BCUT2D eigenvalue weighted by molar-refractivity contribution is -0.123. The number of hydrogen-bond acceptors (Lipinski definition) is 4. The average Bonchev–Trinajstić information content (AvgIpc) is 3.18. The molecule has 1 aliphatic heterocycles. The third-order valence-corrected chi connectivity index (χ3v) is 5.53. The molecule has 0 aliphatic carbocycles. The molecule has 1 aromatic heterocycles. The van der Waals surface area contributed by atoms with E-state index in [1.165, 1.54) is 11.1 Å². The first kappa shape index (κ1) is 21.9. The Balaban J connectivity index is 1.53. The maximum absolute atomic E-state index is 11.5. The second-order valence-corrected chi connectivity index (χ2v) is 8.04. The zero-order chi connectivity index (χ0) is 21.5. The van der Waals surface area contributed by atoms with Gasteiger partial charge in [0, 0.05) is 26.7 Å². The fourth-order valence-corrected chi connectivity index (χ4v) is 3.87. The number of piperidine rings is 1. The van der Waals surface area contributed by atoms with E-state index in [4.69, 9.17) is 10.2 Å². The molecule has 1 saturated heterocycles. The van der Waals surface area contributed by atoms with Gasteiger partial charge < -0.3 is 20.8 Å². The van der Waals surface area contributed by atoms with Crippen LogP contribution in [0, 0.1) is 12.8 Å². The molecule has 0 spiro atoms. The Labute approximate surface area is 178 Å². The topological polar surface area (TPSA) is 95.9 Å². The van der Waals surface area contributed by atoms with Crippen molar-refractivity contribution in [2.75, 3.05) is 20.1 Å². The number of guanidine groups is 1. The molecule has 3 rings (SSSR count). The van der Waals surface area contributed by atoms with Gasteiger partial charge in [-0.2, -0.15) is 0 Å². The summed E-state index contributed by atoms with van der Waals surface area (Å²) in [6, 6.07) is 12.5. The zero-order valence-electron chi connectivity index (χ0n) is 18.1. The van der Waals surface area contributed by atoms with Crippen LogP contribution in [0.2, 0.25) is 0 Å². The molecule has 30 heavy (non-hydrogen) atoms. The van der Waals surface area contributed by atoms with Crippen molar-refractivity contribution in [2.45, 2.75) is 45.8 Å². The Bertz CT molecular complexity index is 876. The normalized spacial score (nSPS) is 18.8. The van der Waals surface area contributed by atoms with E-state index in [0.717, 1.165) is 50.0 Å². The van der Waals surface area contributed by atoms with E-state index >= 15 is 0 Å². The van der Waals surface area contributed by atoms with E-state index in [1.807, 2.05) is 26.0 Å². The van der Waals surface area contributed by atoms with Crippen molar-refractivity contribution >= 4 is 11.9 Å². The smallest absolute Gasteiger partial charge is 0.221 e. The monoisotopic (exact) mass is 411 g/mol. The molecular formula is C23H33N5O2. The molecule has 1 aromatic carbocycles. The summed E-state index contributed by atoms with van der Waals surface area (Å²) in [5, 5.41) is 6.72. The van der Waals surface area contributed by atoms with Crippen molar-refractivity contribution in [3.63, 3.8) is 0 Å². The van der Waals surface area contributed by atoms with E-state index in [2.05, 4.69) is 44.8 Å². The van der Waals surface area contributed by atoms with Crippen LogP contribution in [-0.2, 0) is 17.9 Å². The van der Waals surface area contributed by atoms with Crippen molar-refractivity contribution in [3.8, 4) is 0 Å². The predicted molar refractivity (Wildman–Crippen MR) is 119 cm³/mol. The number of primary amides is 1. The molecular weight excluding hydrogens is 378 g/mol. The third-order valence-electron chi connectivity index (χ3n) is 5.53. The molecule has 4 N–H and O–H groups in total. The molecule has 0 saturated carbocycles. The minimum atomic E-state index is -0.185. The molecule has 7 nitrogen and oxygen atoms in total. The Morgan fingerprint density at radius 1 is 1.33 bits per heavy atom. The van der Waals surface area contributed by atoms with E-state index in [1.54, 1.807) is 7.05 Å². The summed E-state index contributed by atoms with van der Waals surface area (Å²) in [6.07, 6.45) is 1.92. The van der Waals surface area contributed by atoms with Gasteiger partial charge >= 0.3 is 0 Å². The van der Waals surface area contributed by atoms with Crippen LogP contribution in [0.3, 0.4) is 0 Å². The van der Waals surface area contributed by atoms with Crippen molar-refractivity contribution < 1.29 is 9.21 Å². The SMILES string of the molecule is CN=C(NCc1cccc(CN2CCCC(C(N)=O)C2)c1)NC(C)c1ccc(C)o1. The Kier molecular flexibility index (Phi) is 7.52. The number of nitrogens with one attached hydrogen (secondary N) is 2. The first-order valence-electron chi connectivity index (χ1n) is 10.6. The lowest BCUT2D eigenvalue weighted by Crippen LogP contribution is -2.40. The van der Waals surface area contributed by atoms with Gasteiger partial charge in [-0.1, -0.05) is 24.3 Å². The molecule has 1 amide bonds. The van der Waals surface area contributed by atoms with Gasteiger partial charge in [0.1, 0.15) is 11.5 Å². The first-order valence-corrected chi connectivity index (χ1v) is 10.6. The molecule has 0 radical (unpaired) electrons. The zero-order valence-corrected chi connectivity index (χ0v) is 18.1. The largest absolute Gasteiger partial charge is 0.464 e.